The predicted molar refractivity (Wildman–Crippen MR) is 330 cm³/mol. The number of rotatable bonds is 64. The third-order valence-electron chi connectivity index (χ3n) is 15.7. The molecule has 0 amide bonds. The molecule has 0 aliphatic carbocycles. The molecule has 0 bridgehead atoms. The van der Waals surface area contributed by atoms with Gasteiger partial charge in [-0.15, -0.1) is 0 Å². The van der Waals surface area contributed by atoms with Gasteiger partial charge in [0, 0.05) is 19.3 Å². The summed E-state index contributed by atoms with van der Waals surface area (Å²) in [5, 5.41) is 0. The van der Waals surface area contributed by atoms with Crippen molar-refractivity contribution in [3.05, 3.63) is 24.3 Å². The van der Waals surface area contributed by atoms with Crippen molar-refractivity contribution in [1.29, 1.82) is 0 Å². The largest absolute Gasteiger partial charge is 0.462 e. The van der Waals surface area contributed by atoms with Crippen LogP contribution in [0, 0.1) is 0 Å². The average molecular weight is 1070 g/mol. The molecule has 0 heterocycles. The number of allylic oxidation sites excluding steroid dienone is 4. The highest BCUT2D eigenvalue weighted by Gasteiger charge is 2.19. The smallest absolute Gasteiger partial charge is 0.306 e. The molecule has 0 N–H and O–H groups in total. The van der Waals surface area contributed by atoms with Crippen molar-refractivity contribution in [2.45, 2.75) is 393 Å². The van der Waals surface area contributed by atoms with Crippen LogP contribution in [-0.4, -0.2) is 37.2 Å². The molecule has 0 rings (SSSR count). The minimum Gasteiger partial charge on any atom is -0.462 e. The van der Waals surface area contributed by atoms with Crippen molar-refractivity contribution in [1.82, 2.24) is 0 Å². The van der Waals surface area contributed by atoms with Gasteiger partial charge >= 0.3 is 17.9 Å². The third-order valence-corrected chi connectivity index (χ3v) is 15.7. The van der Waals surface area contributed by atoms with Gasteiger partial charge in [-0.05, 0) is 51.4 Å². The van der Waals surface area contributed by atoms with Crippen LogP contribution in [0.25, 0.3) is 0 Å². The molecular formula is C70H132O6. The van der Waals surface area contributed by atoms with Gasteiger partial charge < -0.3 is 14.2 Å². The van der Waals surface area contributed by atoms with Crippen molar-refractivity contribution in [3.8, 4) is 0 Å². The second kappa shape index (κ2) is 65.4. The topological polar surface area (TPSA) is 78.9 Å². The first kappa shape index (κ1) is 73.9. The normalized spacial score (nSPS) is 12.1. The summed E-state index contributed by atoms with van der Waals surface area (Å²) in [5.74, 6) is -0.846. The molecular weight excluding hydrogens is 937 g/mol. The summed E-state index contributed by atoms with van der Waals surface area (Å²) in [4.78, 5) is 38.0. The number of carbonyl (C=O) groups excluding carboxylic acids is 3. The first-order valence-electron chi connectivity index (χ1n) is 34.3. The van der Waals surface area contributed by atoms with E-state index in [1.54, 1.807) is 0 Å². The fourth-order valence-electron chi connectivity index (χ4n) is 10.5. The van der Waals surface area contributed by atoms with Crippen LogP contribution >= 0.6 is 0 Å². The Kier molecular flexibility index (Phi) is 63.6. The van der Waals surface area contributed by atoms with Gasteiger partial charge in [0.1, 0.15) is 13.2 Å². The van der Waals surface area contributed by atoms with Crippen LogP contribution in [0.2, 0.25) is 0 Å². The zero-order chi connectivity index (χ0) is 55.0. The molecule has 0 saturated heterocycles. The summed E-state index contributed by atoms with van der Waals surface area (Å²) < 4.78 is 16.8. The fraction of sp³-hybridized carbons (Fsp3) is 0.900. The third kappa shape index (κ3) is 62.7. The number of ether oxygens (including phenoxy) is 3. The maximum absolute atomic E-state index is 12.8. The molecule has 0 aromatic carbocycles. The lowest BCUT2D eigenvalue weighted by molar-refractivity contribution is -0.167. The Morgan fingerprint density at radius 1 is 0.263 bits per heavy atom. The fourth-order valence-corrected chi connectivity index (χ4v) is 10.5. The Bertz CT molecular complexity index is 1230. The van der Waals surface area contributed by atoms with Crippen LogP contribution in [0.4, 0.5) is 0 Å². The van der Waals surface area contributed by atoms with Crippen LogP contribution in [-0.2, 0) is 28.6 Å². The molecule has 448 valence electrons. The van der Waals surface area contributed by atoms with Gasteiger partial charge in [0.25, 0.3) is 0 Å². The van der Waals surface area contributed by atoms with E-state index in [0.717, 1.165) is 64.2 Å². The highest BCUT2D eigenvalue weighted by molar-refractivity contribution is 5.71. The number of hydrogen-bond acceptors (Lipinski definition) is 6. The highest BCUT2D eigenvalue weighted by Crippen LogP contribution is 2.19. The molecule has 0 aromatic rings. The minimum absolute atomic E-state index is 0.0640. The lowest BCUT2D eigenvalue weighted by Gasteiger charge is -2.18. The van der Waals surface area contributed by atoms with Gasteiger partial charge in [0.05, 0.1) is 0 Å². The van der Waals surface area contributed by atoms with E-state index in [1.807, 2.05) is 0 Å². The lowest BCUT2D eigenvalue weighted by atomic mass is 10.0. The lowest BCUT2D eigenvalue weighted by Crippen LogP contribution is -2.30. The number of unbranched alkanes of at least 4 members (excludes halogenated alkanes) is 49. The monoisotopic (exact) mass is 1070 g/mol. The summed E-state index contributed by atoms with van der Waals surface area (Å²) in [6.45, 7) is 6.64. The van der Waals surface area contributed by atoms with E-state index in [2.05, 4.69) is 45.1 Å². The summed E-state index contributed by atoms with van der Waals surface area (Å²) >= 11 is 0. The Morgan fingerprint density at radius 2 is 0.474 bits per heavy atom. The van der Waals surface area contributed by atoms with Crippen molar-refractivity contribution in [2.24, 2.45) is 0 Å². The predicted octanol–water partition coefficient (Wildman–Crippen LogP) is 23.4. The van der Waals surface area contributed by atoms with Crippen LogP contribution < -0.4 is 0 Å². The van der Waals surface area contributed by atoms with Crippen LogP contribution in [0.3, 0.4) is 0 Å². The quantitative estimate of drug-likeness (QED) is 0.0261. The second-order valence-electron chi connectivity index (χ2n) is 23.5. The van der Waals surface area contributed by atoms with E-state index >= 15 is 0 Å². The molecule has 0 fully saturated rings. The van der Waals surface area contributed by atoms with Crippen molar-refractivity contribution in [2.75, 3.05) is 13.2 Å². The highest BCUT2D eigenvalue weighted by atomic mass is 16.6. The second-order valence-corrected chi connectivity index (χ2v) is 23.5. The van der Waals surface area contributed by atoms with Crippen molar-refractivity contribution in [3.63, 3.8) is 0 Å². The van der Waals surface area contributed by atoms with Gasteiger partial charge in [-0.2, -0.15) is 0 Å². The summed E-state index contributed by atoms with van der Waals surface area (Å²) in [6, 6.07) is 0. The van der Waals surface area contributed by atoms with Gasteiger partial charge in [-0.3, -0.25) is 14.4 Å². The molecule has 1 unspecified atom stereocenters. The van der Waals surface area contributed by atoms with Crippen LogP contribution in [0.5, 0.6) is 0 Å². The Morgan fingerprint density at radius 3 is 0.724 bits per heavy atom. The number of esters is 3. The number of hydrogen-bond donors (Lipinski definition) is 0. The molecule has 0 aliphatic rings. The Hall–Kier alpha value is -2.11. The zero-order valence-electron chi connectivity index (χ0n) is 51.6. The molecule has 6 nitrogen and oxygen atoms in total. The van der Waals surface area contributed by atoms with Crippen LogP contribution in [0.1, 0.15) is 387 Å². The molecule has 0 aromatic heterocycles. The van der Waals surface area contributed by atoms with Gasteiger partial charge in [-0.25, -0.2) is 0 Å². The van der Waals surface area contributed by atoms with Gasteiger partial charge in [-0.1, -0.05) is 340 Å². The van der Waals surface area contributed by atoms with Gasteiger partial charge in [0.15, 0.2) is 6.10 Å². The Balaban J connectivity index is 3.88. The minimum atomic E-state index is -0.762. The molecule has 76 heavy (non-hydrogen) atoms. The van der Waals surface area contributed by atoms with E-state index in [1.165, 1.54) is 283 Å². The van der Waals surface area contributed by atoms with E-state index in [-0.39, 0.29) is 31.1 Å². The van der Waals surface area contributed by atoms with Gasteiger partial charge in [0.2, 0.25) is 0 Å². The Labute approximate surface area is 474 Å². The molecule has 0 saturated carbocycles. The van der Waals surface area contributed by atoms with E-state index in [0.29, 0.717) is 19.3 Å². The summed E-state index contributed by atoms with van der Waals surface area (Å²) in [5.41, 5.74) is 0. The zero-order valence-corrected chi connectivity index (χ0v) is 51.6. The summed E-state index contributed by atoms with van der Waals surface area (Å²) in [6.07, 6.45) is 79.7. The van der Waals surface area contributed by atoms with E-state index in [9.17, 15) is 14.4 Å². The van der Waals surface area contributed by atoms with Crippen molar-refractivity contribution < 1.29 is 28.6 Å². The van der Waals surface area contributed by atoms with Crippen molar-refractivity contribution >= 4 is 17.9 Å². The molecule has 0 aliphatic heterocycles. The standard InChI is InChI=1S/C70H132O6/c1-4-7-10-13-16-18-20-22-24-26-27-28-29-30-31-32-33-34-35-36-37-38-39-40-41-42-43-45-46-48-50-52-54-57-60-63-69(72)75-66-67(65-74-68(71)62-59-56-15-12-9-6-3)76-70(73)64-61-58-55-53-51-49-47-44-25-23-21-19-17-14-11-8-5-2/h20,22,26-27,67H,4-19,21,23-25,28-66H2,1-3H3/b22-20-,27-26-. The SMILES string of the molecule is CCCCCCC/C=C\C/C=C\CCCCCCCCCCCCCCCCCCCCCCCCCC(=O)OCC(COC(=O)CCCCCCCC)OC(=O)CCCCCCCCCCCCCCCCCCC. The summed E-state index contributed by atoms with van der Waals surface area (Å²) in [7, 11) is 0. The molecule has 0 spiro atoms. The first-order valence-corrected chi connectivity index (χ1v) is 34.3. The van der Waals surface area contributed by atoms with E-state index < -0.39 is 6.10 Å². The molecule has 6 heteroatoms. The molecule has 1 atom stereocenters. The number of carbonyl (C=O) groups is 3. The molecule has 0 radical (unpaired) electrons. The average Bonchev–Trinajstić information content (AvgIpc) is 3.42. The van der Waals surface area contributed by atoms with E-state index in [4.69, 9.17) is 14.2 Å². The van der Waals surface area contributed by atoms with Crippen LogP contribution in [0.15, 0.2) is 24.3 Å². The maximum atomic E-state index is 12.8. The maximum Gasteiger partial charge on any atom is 0.306 e. The first-order chi connectivity index (χ1) is 37.5.